The number of nitrogens with zero attached hydrogens (tertiary/aromatic N) is 2. The number of nitrogens with two attached hydrogens (primary N) is 1. The van der Waals surface area contributed by atoms with Crippen LogP contribution >= 0.6 is 39.5 Å². The maximum Gasteiger partial charge on any atom is 0.182 e. The number of rotatable bonds is 0. The third-order valence-electron chi connectivity index (χ3n) is 1.26. The average molecular weight is 263 g/mol. The summed E-state index contributed by atoms with van der Waals surface area (Å²) < 4.78 is 1.92. The molecule has 62 valence electrons. The van der Waals surface area contributed by atoms with E-state index in [1.807, 2.05) is 0 Å². The van der Waals surface area contributed by atoms with Gasteiger partial charge in [-0.1, -0.05) is 23.6 Å². The minimum atomic E-state index is 0.493. The molecule has 3 N–H and O–H groups in total. The summed E-state index contributed by atoms with van der Waals surface area (Å²) in [6, 6.07) is 0. The van der Waals surface area contributed by atoms with Gasteiger partial charge in [0.2, 0.25) is 0 Å². The number of anilines is 1. The smallest absolute Gasteiger partial charge is 0.182 e. The van der Waals surface area contributed by atoms with Gasteiger partial charge >= 0.3 is 0 Å². The number of aromatic nitrogens is 3. The number of H-pyrrole nitrogens is 1. The minimum Gasteiger partial charge on any atom is -0.375 e. The van der Waals surface area contributed by atoms with E-state index in [1.54, 1.807) is 0 Å². The van der Waals surface area contributed by atoms with E-state index in [9.17, 15) is 0 Å². The monoisotopic (exact) mass is 262 g/mol. The van der Waals surface area contributed by atoms with Crippen LogP contribution in [-0.4, -0.2) is 15.0 Å². The molecule has 2 rings (SSSR count). The zero-order valence-corrected chi connectivity index (χ0v) is 8.89. The molecule has 0 atom stereocenters. The Morgan fingerprint density at radius 3 is 3.00 bits per heavy atom. The van der Waals surface area contributed by atoms with Crippen molar-refractivity contribution in [3.05, 3.63) is 9.37 Å². The van der Waals surface area contributed by atoms with Crippen LogP contribution in [0.5, 0.6) is 0 Å². The Kier molecular flexibility index (Phi) is 1.85. The largest absolute Gasteiger partial charge is 0.375 e. The number of thiazole rings is 1. The van der Waals surface area contributed by atoms with Crippen LogP contribution in [0.25, 0.3) is 10.3 Å². The van der Waals surface area contributed by atoms with Gasteiger partial charge in [0, 0.05) is 0 Å². The van der Waals surface area contributed by atoms with Crippen molar-refractivity contribution in [1.29, 1.82) is 0 Å². The van der Waals surface area contributed by atoms with Gasteiger partial charge < -0.3 is 10.7 Å². The van der Waals surface area contributed by atoms with Gasteiger partial charge in [0.15, 0.2) is 15.5 Å². The Morgan fingerprint density at radius 2 is 2.25 bits per heavy atom. The van der Waals surface area contributed by atoms with Crippen molar-refractivity contribution in [2.45, 2.75) is 0 Å². The number of halogens is 1. The molecule has 0 saturated carbocycles. The van der Waals surface area contributed by atoms with Crippen molar-refractivity contribution >= 4 is 55.0 Å². The number of hydrogen-bond donors (Lipinski definition) is 2. The lowest BCUT2D eigenvalue weighted by Gasteiger charge is -1.89. The SMILES string of the molecule is Nc1nc2[nH]c(Br)nc(=S)c2s1. The van der Waals surface area contributed by atoms with Crippen molar-refractivity contribution in [3.8, 4) is 0 Å². The molecule has 0 aliphatic carbocycles. The van der Waals surface area contributed by atoms with Crippen LogP contribution in [0.15, 0.2) is 4.73 Å². The van der Waals surface area contributed by atoms with Crippen molar-refractivity contribution in [1.82, 2.24) is 15.0 Å². The summed E-state index contributed by atoms with van der Waals surface area (Å²) in [5.74, 6) is 0. The average Bonchev–Trinajstić information content (AvgIpc) is 2.29. The zero-order chi connectivity index (χ0) is 8.72. The quantitative estimate of drug-likeness (QED) is 0.564. The Hall–Kier alpha value is -0.530. The fourth-order valence-electron chi connectivity index (χ4n) is 0.832. The predicted molar refractivity (Wildman–Crippen MR) is 54.7 cm³/mol. The molecule has 7 heteroatoms. The Bertz CT molecular complexity index is 488. The number of hydrogen-bond acceptors (Lipinski definition) is 5. The summed E-state index contributed by atoms with van der Waals surface area (Å²) in [4.78, 5) is 11.0. The third-order valence-corrected chi connectivity index (χ3v) is 2.95. The lowest BCUT2D eigenvalue weighted by atomic mass is 10.6. The lowest BCUT2D eigenvalue weighted by molar-refractivity contribution is 1.13. The molecule has 4 nitrogen and oxygen atoms in total. The van der Waals surface area contributed by atoms with Gasteiger partial charge in [0.05, 0.1) is 0 Å². The van der Waals surface area contributed by atoms with Gasteiger partial charge in [-0.15, -0.1) is 0 Å². The molecule has 2 heterocycles. The summed E-state index contributed by atoms with van der Waals surface area (Å²) in [7, 11) is 0. The number of nitrogen functional groups attached to an aromatic ring is 1. The molecular weight excluding hydrogens is 260 g/mol. The van der Waals surface area contributed by atoms with Crippen LogP contribution in [0.3, 0.4) is 0 Å². The summed E-state index contributed by atoms with van der Waals surface area (Å²) >= 11 is 9.53. The second kappa shape index (κ2) is 2.75. The van der Waals surface area contributed by atoms with E-state index in [0.717, 1.165) is 4.70 Å². The summed E-state index contributed by atoms with van der Waals surface area (Å²) in [6.07, 6.45) is 0. The van der Waals surface area contributed by atoms with E-state index in [0.29, 0.717) is 20.2 Å². The number of nitrogens with one attached hydrogen (secondary N) is 1. The standard InChI is InChI=1S/C5H3BrN4S2/c6-4-8-2-1(3(11)10-4)12-5(7)9-2/h(H3,7,8,9,10,11). The molecule has 12 heavy (non-hydrogen) atoms. The molecule has 0 bridgehead atoms. The Morgan fingerprint density at radius 1 is 1.50 bits per heavy atom. The summed E-state index contributed by atoms with van der Waals surface area (Å²) in [5.41, 5.74) is 6.19. The predicted octanol–water partition coefficient (Wildman–Crippen LogP) is 2.09. The zero-order valence-electron chi connectivity index (χ0n) is 5.67. The molecule has 0 aromatic carbocycles. The Labute approximate surface area is 85.0 Å². The first-order chi connectivity index (χ1) is 5.66. The van der Waals surface area contributed by atoms with Gasteiger partial charge in [0.25, 0.3) is 0 Å². The maximum absolute atomic E-state index is 5.51. The van der Waals surface area contributed by atoms with Crippen LogP contribution in [0.2, 0.25) is 0 Å². The van der Waals surface area contributed by atoms with Crippen LogP contribution in [0.1, 0.15) is 0 Å². The van der Waals surface area contributed by atoms with Gasteiger partial charge in [-0.05, 0) is 15.9 Å². The highest BCUT2D eigenvalue weighted by Crippen LogP contribution is 2.23. The molecule has 0 fully saturated rings. The first-order valence-corrected chi connectivity index (χ1v) is 5.00. The highest BCUT2D eigenvalue weighted by molar-refractivity contribution is 9.10. The summed E-state index contributed by atoms with van der Waals surface area (Å²) in [5, 5.41) is 0.493. The van der Waals surface area contributed by atoms with Crippen LogP contribution in [0.4, 0.5) is 5.13 Å². The van der Waals surface area contributed by atoms with Crippen molar-refractivity contribution < 1.29 is 0 Å². The summed E-state index contributed by atoms with van der Waals surface area (Å²) in [6.45, 7) is 0. The van der Waals surface area contributed by atoms with E-state index >= 15 is 0 Å². The highest BCUT2D eigenvalue weighted by atomic mass is 79.9. The second-order valence-corrected chi connectivity index (χ2v) is 4.23. The molecule has 0 spiro atoms. The Balaban J connectivity index is 2.98. The second-order valence-electron chi connectivity index (χ2n) is 2.06. The van der Waals surface area contributed by atoms with Crippen LogP contribution in [0, 0.1) is 4.64 Å². The first-order valence-electron chi connectivity index (χ1n) is 2.98. The van der Waals surface area contributed by atoms with Crippen LogP contribution < -0.4 is 5.73 Å². The molecule has 0 saturated heterocycles. The van der Waals surface area contributed by atoms with Crippen molar-refractivity contribution in [3.63, 3.8) is 0 Å². The third kappa shape index (κ3) is 1.23. The molecule has 2 aromatic heterocycles. The van der Waals surface area contributed by atoms with Crippen LogP contribution in [-0.2, 0) is 0 Å². The van der Waals surface area contributed by atoms with Crippen molar-refractivity contribution in [2.24, 2.45) is 0 Å². The molecule has 0 aliphatic rings. The van der Waals surface area contributed by atoms with Gasteiger partial charge in [-0.25, -0.2) is 9.97 Å². The van der Waals surface area contributed by atoms with Gasteiger partial charge in [-0.2, -0.15) is 0 Å². The van der Waals surface area contributed by atoms with Crippen molar-refractivity contribution in [2.75, 3.05) is 5.73 Å². The van der Waals surface area contributed by atoms with Gasteiger partial charge in [-0.3, -0.25) is 0 Å². The number of aromatic amines is 1. The fourth-order valence-corrected chi connectivity index (χ4v) is 2.30. The van der Waals surface area contributed by atoms with E-state index in [1.165, 1.54) is 11.3 Å². The molecule has 2 aromatic rings. The number of fused-ring (bicyclic) bond motifs is 1. The highest BCUT2D eigenvalue weighted by Gasteiger charge is 2.04. The van der Waals surface area contributed by atoms with Gasteiger partial charge in [0.1, 0.15) is 9.34 Å². The van der Waals surface area contributed by atoms with E-state index in [2.05, 4.69) is 30.9 Å². The lowest BCUT2D eigenvalue weighted by Crippen LogP contribution is -1.84. The normalized spacial score (nSPS) is 10.8. The molecule has 0 amide bonds. The van der Waals surface area contributed by atoms with E-state index < -0.39 is 0 Å². The molecule has 0 unspecified atom stereocenters. The maximum atomic E-state index is 5.51. The topological polar surface area (TPSA) is 67.6 Å². The van der Waals surface area contributed by atoms with E-state index in [4.69, 9.17) is 18.0 Å². The molecule has 0 radical (unpaired) electrons. The minimum absolute atomic E-state index is 0.493. The van der Waals surface area contributed by atoms with E-state index in [-0.39, 0.29) is 0 Å². The molecular formula is C5H3BrN4S2. The molecule has 0 aliphatic heterocycles. The fraction of sp³-hybridized carbons (Fsp3) is 0. The first kappa shape index (κ1) is 8.09.